The average molecular weight is 185 g/mol. The molecule has 74 valence electrons. The fourth-order valence-electron chi connectivity index (χ4n) is 1.21. The molecule has 1 saturated heterocycles. The summed E-state index contributed by atoms with van der Waals surface area (Å²) in [6.45, 7) is 3.56. The maximum Gasteiger partial charge on any atom is 0.236 e. The van der Waals surface area contributed by atoms with Gasteiger partial charge >= 0.3 is 0 Å². The second-order valence-electron chi connectivity index (χ2n) is 3.39. The first-order valence-corrected chi connectivity index (χ1v) is 4.38. The summed E-state index contributed by atoms with van der Waals surface area (Å²) >= 11 is 0. The lowest BCUT2D eigenvalue weighted by Crippen LogP contribution is -2.50. The van der Waals surface area contributed by atoms with Gasteiger partial charge in [0.2, 0.25) is 11.8 Å². The van der Waals surface area contributed by atoms with Crippen LogP contribution in [0.1, 0.15) is 6.92 Å². The maximum absolute atomic E-state index is 11.3. The molecule has 1 rings (SSSR count). The van der Waals surface area contributed by atoms with Gasteiger partial charge in [0, 0.05) is 5.92 Å². The Morgan fingerprint density at radius 2 is 2.23 bits per heavy atom. The standard InChI is InChI=1S/C8H15N3O2/c1-5(6-2-10-3-6)8(13)11-4-7(9)12/h5-6,10H,2-4H2,1H3,(H2,9,12)(H,11,13). The Kier molecular flexibility index (Phi) is 3.25. The third-order valence-electron chi connectivity index (χ3n) is 2.37. The molecular weight excluding hydrogens is 170 g/mol. The number of nitrogens with one attached hydrogen (secondary N) is 2. The van der Waals surface area contributed by atoms with Crippen molar-refractivity contribution < 1.29 is 9.59 Å². The predicted octanol–water partition coefficient (Wildman–Crippen LogP) is -1.56. The molecule has 5 nitrogen and oxygen atoms in total. The van der Waals surface area contributed by atoms with Crippen molar-refractivity contribution >= 4 is 11.8 Å². The fourth-order valence-corrected chi connectivity index (χ4v) is 1.21. The normalized spacial score (nSPS) is 18.8. The Labute approximate surface area is 77.1 Å². The van der Waals surface area contributed by atoms with Crippen LogP contribution in [0.4, 0.5) is 0 Å². The van der Waals surface area contributed by atoms with Gasteiger partial charge in [0.1, 0.15) is 0 Å². The van der Waals surface area contributed by atoms with Crippen LogP contribution in [0, 0.1) is 11.8 Å². The van der Waals surface area contributed by atoms with E-state index in [2.05, 4.69) is 10.6 Å². The van der Waals surface area contributed by atoms with E-state index in [1.807, 2.05) is 6.92 Å². The Hall–Kier alpha value is -1.10. The van der Waals surface area contributed by atoms with Crippen LogP contribution in [-0.2, 0) is 9.59 Å². The Bertz CT molecular complexity index is 213. The molecule has 0 saturated carbocycles. The van der Waals surface area contributed by atoms with Crippen LogP contribution in [0.5, 0.6) is 0 Å². The molecule has 0 bridgehead atoms. The number of amides is 2. The van der Waals surface area contributed by atoms with Gasteiger partial charge in [-0.05, 0) is 19.0 Å². The zero-order valence-electron chi connectivity index (χ0n) is 7.67. The zero-order chi connectivity index (χ0) is 9.84. The summed E-state index contributed by atoms with van der Waals surface area (Å²) in [7, 11) is 0. The second-order valence-corrected chi connectivity index (χ2v) is 3.39. The number of nitrogens with two attached hydrogens (primary N) is 1. The molecular formula is C8H15N3O2. The summed E-state index contributed by atoms with van der Waals surface area (Å²) in [5, 5.41) is 5.58. The minimum absolute atomic E-state index is 0.0411. The summed E-state index contributed by atoms with van der Waals surface area (Å²) in [6, 6.07) is 0. The number of carbonyl (C=O) groups is 2. The lowest BCUT2D eigenvalue weighted by Gasteiger charge is -2.31. The van der Waals surface area contributed by atoms with Crippen molar-refractivity contribution in [3.05, 3.63) is 0 Å². The van der Waals surface area contributed by atoms with E-state index < -0.39 is 5.91 Å². The number of hydrogen-bond donors (Lipinski definition) is 3. The van der Waals surface area contributed by atoms with Crippen LogP contribution >= 0.6 is 0 Å². The van der Waals surface area contributed by atoms with Gasteiger partial charge in [0.25, 0.3) is 0 Å². The van der Waals surface area contributed by atoms with Gasteiger partial charge in [-0.15, -0.1) is 0 Å². The quantitative estimate of drug-likeness (QED) is 0.495. The highest BCUT2D eigenvalue weighted by Gasteiger charge is 2.28. The maximum atomic E-state index is 11.3. The van der Waals surface area contributed by atoms with Crippen LogP contribution in [0.25, 0.3) is 0 Å². The van der Waals surface area contributed by atoms with Gasteiger partial charge in [-0.1, -0.05) is 6.92 Å². The highest BCUT2D eigenvalue weighted by atomic mass is 16.2. The lowest BCUT2D eigenvalue weighted by molar-refractivity contribution is -0.129. The van der Waals surface area contributed by atoms with Crippen molar-refractivity contribution in [3.63, 3.8) is 0 Å². The first-order chi connectivity index (χ1) is 6.11. The number of hydrogen-bond acceptors (Lipinski definition) is 3. The van der Waals surface area contributed by atoms with Crippen molar-refractivity contribution in [3.8, 4) is 0 Å². The molecule has 1 aliphatic heterocycles. The third-order valence-corrected chi connectivity index (χ3v) is 2.37. The molecule has 1 unspecified atom stereocenters. The molecule has 2 amide bonds. The number of carbonyl (C=O) groups excluding carboxylic acids is 2. The van der Waals surface area contributed by atoms with Crippen LogP contribution in [0.15, 0.2) is 0 Å². The third kappa shape index (κ3) is 2.69. The monoisotopic (exact) mass is 185 g/mol. The van der Waals surface area contributed by atoms with Crippen LogP contribution in [0.2, 0.25) is 0 Å². The molecule has 1 aliphatic rings. The van der Waals surface area contributed by atoms with Crippen LogP contribution < -0.4 is 16.4 Å². The molecule has 1 fully saturated rings. The van der Waals surface area contributed by atoms with Crippen LogP contribution in [-0.4, -0.2) is 31.4 Å². The molecule has 0 spiro atoms. The van der Waals surface area contributed by atoms with Crippen molar-refractivity contribution in [1.82, 2.24) is 10.6 Å². The molecule has 0 aromatic carbocycles. The minimum atomic E-state index is -0.507. The fraction of sp³-hybridized carbons (Fsp3) is 0.750. The first-order valence-electron chi connectivity index (χ1n) is 4.38. The molecule has 0 radical (unpaired) electrons. The van der Waals surface area contributed by atoms with Gasteiger partial charge in [-0.25, -0.2) is 0 Å². The molecule has 0 aromatic heterocycles. The van der Waals surface area contributed by atoms with E-state index in [9.17, 15) is 9.59 Å². The smallest absolute Gasteiger partial charge is 0.236 e. The highest BCUT2D eigenvalue weighted by molar-refractivity contribution is 5.84. The Morgan fingerprint density at radius 3 is 2.62 bits per heavy atom. The molecule has 1 heterocycles. The average Bonchev–Trinajstić information content (AvgIpc) is 1.96. The van der Waals surface area contributed by atoms with Gasteiger partial charge in [-0.3, -0.25) is 9.59 Å². The van der Waals surface area contributed by atoms with Gasteiger partial charge in [0.15, 0.2) is 0 Å². The van der Waals surface area contributed by atoms with E-state index in [0.717, 1.165) is 13.1 Å². The van der Waals surface area contributed by atoms with Crippen molar-refractivity contribution in [2.24, 2.45) is 17.6 Å². The van der Waals surface area contributed by atoms with E-state index in [-0.39, 0.29) is 18.4 Å². The topological polar surface area (TPSA) is 84.2 Å². The molecule has 4 N–H and O–H groups in total. The van der Waals surface area contributed by atoms with E-state index >= 15 is 0 Å². The predicted molar refractivity (Wildman–Crippen MR) is 47.7 cm³/mol. The van der Waals surface area contributed by atoms with Crippen LogP contribution in [0.3, 0.4) is 0 Å². The van der Waals surface area contributed by atoms with E-state index in [1.54, 1.807) is 0 Å². The summed E-state index contributed by atoms with van der Waals surface area (Å²) in [4.78, 5) is 21.7. The number of primary amides is 1. The Balaban J connectivity index is 2.25. The number of rotatable bonds is 4. The van der Waals surface area contributed by atoms with Crippen molar-refractivity contribution in [2.75, 3.05) is 19.6 Å². The molecule has 0 aromatic rings. The van der Waals surface area contributed by atoms with Gasteiger partial charge in [-0.2, -0.15) is 0 Å². The minimum Gasteiger partial charge on any atom is -0.368 e. The summed E-state index contributed by atoms with van der Waals surface area (Å²) in [5.41, 5.74) is 4.90. The van der Waals surface area contributed by atoms with Crippen molar-refractivity contribution in [1.29, 1.82) is 0 Å². The first kappa shape index (κ1) is 9.98. The summed E-state index contributed by atoms with van der Waals surface area (Å²) < 4.78 is 0. The highest BCUT2D eigenvalue weighted by Crippen LogP contribution is 2.15. The van der Waals surface area contributed by atoms with Crippen molar-refractivity contribution in [2.45, 2.75) is 6.92 Å². The van der Waals surface area contributed by atoms with E-state index in [4.69, 9.17) is 5.73 Å². The van der Waals surface area contributed by atoms with E-state index in [1.165, 1.54) is 0 Å². The van der Waals surface area contributed by atoms with Gasteiger partial charge < -0.3 is 16.4 Å². The SMILES string of the molecule is CC(C(=O)NCC(N)=O)C1CNC1. The largest absolute Gasteiger partial charge is 0.368 e. The zero-order valence-corrected chi connectivity index (χ0v) is 7.67. The Morgan fingerprint density at radius 1 is 1.62 bits per heavy atom. The van der Waals surface area contributed by atoms with Gasteiger partial charge in [0.05, 0.1) is 6.54 Å². The summed E-state index contributed by atoms with van der Waals surface area (Å²) in [6.07, 6.45) is 0. The molecule has 5 heteroatoms. The molecule has 1 atom stereocenters. The molecule has 13 heavy (non-hydrogen) atoms. The molecule has 0 aliphatic carbocycles. The second kappa shape index (κ2) is 4.23. The van der Waals surface area contributed by atoms with E-state index in [0.29, 0.717) is 5.92 Å². The summed E-state index contributed by atoms with van der Waals surface area (Å²) in [5.74, 6) is -0.244. The lowest BCUT2D eigenvalue weighted by atomic mass is 9.88.